The summed E-state index contributed by atoms with van der Waals surface area (Å²) in [7, 11) is 0. The van der Waals surface area contributed by atoms with Gasteiger partial charge in [0.1, 0.15) is 0 Å². The summed E-state index contributed by atoms with van der Waals surface area (Å²) in [6, 6.07) is 0. The third kappa shape index (κ3) is 2.81. The van der Waals surface area contributed by atoms with Crippen LogP contribution in [0.4, 0.5) is 0 Å². The second kappa shape index (κ2) is 5.67. The van der Waals surface area contributed by atoms with Crippen molar-refractivity contribution < 1.29 is 24.5 Å². The van der Waals surface area contributed by atoms with Gasteiger partial charge in [0.25, 0.3) is 0 Å². The van der Waals surface area contributed by atoms with E-state index in [4.69, 9.17) is 14.9 Å². The second-order valence-electron chi connectivity index (χ2n) is 5.00. The van der Waals surface area contributed by atoms with Gasteiger partial charge in [0.2, 0.25) is 5.91 Å². The summed E-state index contributed by atoms with van der Waals surface area (Å²) < 4.78 is 5.29. The van der Waals surface area contributed by atoms with Crippen LogP contribution in [0.15, 0.2) is 0 Å². The number of carboxylic acid groups (broad SMARTS) is 1. The monoisotopic (exact) mass is 257 g/mol. The van der Waals surface area contributed by atoms with Crippen LogP contribution in [0.2, 0.25) is 0 Å². The largest absolute Gasteiger partial charge is 0.481 e. The lowest BCUT2D eigenvalue weighted by Crippen LogP contribution is -2.48. The molecule has 1 aliphatic heterocycles. The number of aliphatic hydroxyl groups excluding tert-OH is 1. The molecule has 18 heavy (non-hydrogen) atoms. The molecule has 2 fully saturated rings. The average Bonchev–Trinajstić information content (AvgIpc) is 2.87. The summed E-state index contributed by atoms with van der Waals surface area (Å²) >= 11 is 0. The Labute approximate surface area is 106 Å². The highest BCUT2D eigenvalue weighted by molar-refractivity contribution is 5.81. The van der Waals surface area contributed by atoms with Crippen LogP contribution in [-0.2, 0) is 14.3 Å². The van der Waals surface area contributed by atoms with E-state index in [9.17, 15) is 9.59 Å². The molecule has 3 atom stereocenters. The first-order valence-electron chi connectivity index (χ1n) is 6.36. The molecule has 1 saturated carbocycles. The van der Waals surface area contributed by atoms with Gasteiger partial charge in [-0.3, -0.25) is 9.59 Å². The first-order valence-corrected chi connectivity index (χ1v) is 6.36. The van der Waals surface area contributed by atoms with Gasteiger partial charge in [0, 0.05) is 19.0 Å². The van der Waals surface area contributed by atoms with E-state index in [2.05, 4.69) is 0 Å². The van der Waals surface area contributed by atoms with E-state index in [1.807, 2.05) is 0 Å². The number of amides is 1. The van der Waals surface area contributed by atoms with Crippen LogP contribution in [0.1, 0.15) is 19.3 Å². The highest BCUT2D eigenvalue weighted by atomic mass is 16.5. The number of aliphatic hydroxyl groups is 1. The van der Waals surface area contributed by atoms with Gasteiger partial charge in [-0.05, 0) is 19.3 Å². The zero-order valence-corrected chi connectivity index (χ0v) is 10.2. The van der Waals surface area contributed by atoms with Crippen LogP contribution < -0.4 is 0 Å². The number of carbonyl (C=O) groups is 2. The molecule has 102 valence electrons. The van der Waals surface area contributed by atoms with Crippen LogP contribution in [0.5, 0.6) is 0 Å². The van der Waals surface area contributed by atoms with E-state index in [1.165, 1.54) is 0 Å². The summed E-state index contributed by atoms with van der Waals surface area (Å²) in [5.74, 6) is -1.35. The molecule has 6 heteroatoms. The minimum Gasteiger partial charge on any atom is -0.481 e. The summed E-state index contributed by atoms with van der Waals surface area (Å²) in [6.45, 7) is 1.28. The van der Waals surface area contributed by atoms with Crippen molar-refractivity contribution in [2.24, 2.45) is 11.8 Å². The van der Waals surface area contributed by atoms with Crippen LogP contribution in [0, 0.1) is 11.8 Å². The molecule has 0 radical (unpaired) electrons. The van der Waals surface area contributed by atoms with Gasteiger partial charge >= 0.3 is 5.97 Å². The van der Waals surface area contributed by atoms with Crippen molar-refractivity contribution >= 4 is 11.9 Å². The topological polar surface area (TPSA) is 87.1 Å². The highest BCUT2D eigenvalue weighted by Crippen LogP contribution is 2.32. The molecule has 0 aromatic carbocycles. The number of morpholine rings is 1. The van der Waals surface area contributed by atoms with Gasteiger partial charge in [-0.1, -0.05) is 0 Å². The molecule has 1 unspecified atom stereocenters. The van der Waals surface area contributed by atoms with Gasteiger partial charge in [0.05, 0.1) is 25.2 Å². The number of aliphatic carboxylic acids is 1. The van der Waals surface area contributed by atoms with Crippen molar-refractivity contribution in [3.63, 3.8) is 0 Å². The second-order valence-corrected chi connectivity index (χ2v) is 5.00. The number of hydrogen-bond donors (Lipinski definition) is 2. The molecule has 2 rings (SSSR count). The van der Waals surface area contributed by atoms with Crippen molar-refractivity contribution in [1.29, 1.82) is 0 Å². The van der Waals surface area contributed by atoms with E-state index in [1.54, 1.807) is 4.90 Å². The molecule has 1 heterocycles. The van der Waals surface area contributed by atoms with Gasteiger partial charge < -0.3 is 19.8 Å². The fourth-order valence-electron chi connectivity index (χ4n) is 2.72. The first kappa shape index (κ1) is 13.3. The zero-order chi connectivity index (χ0) is 13.1. The molecule has 1 aliphatic carbocycles. The quantitative estimate of drug-likeness (QED) is 0.725. The maximum absolute atomic E-state index is 12.2. The van der Waals surface area contributed by atoms with E-state index in [0.29, 0.717) is 39.0 Å². The van der Waals surface area contributed by atoms with Crippen molar-refractivity contribution in [2.45, 2.75) is 25.4 Å². The molecule has 0 bridgehead atoms. The molecular formula is C12H19NO5. The summed E-state index contributed by atoms with van der Waals surface area (Å²) in [5.41, 5.74) is 0. The van der Waals surface area contributed by atoms with Crippen LogP contribution in [-0.4, -0.2) is 59.4 Å². The third-order valence-corrected chi connectivity index (χ3v) is 3.79. The maximum Gasteiger partial charge on any atom is 0.306 e. The minimum absolute atomic E-state index is 0.0144. The SMILES string of the molecule is O=C(O)[C@H]1CC[C@@H](C(=O)N2CCOC(CO)C2)C1. The number of carboxylic acids is 1. The molecule has 0 aromatic rings. The summed E-state index contributed by atoms with van der Waals surface area (Å²) in [6.07, 6.45) is 1.37. The molecule has 2 aliphatic rings. The lowest BCUT2D eigenvalue weighted by Gasteiger charge is -2.33. The third-order valence-electron chi connectivity index (χ3n) is 3.79. The van der Waals surface area contributed by atoms with Crippen LogP contribution >= 0.6 is 0 Å². The predicted molar refractivity (Wildman–Crippen MR) is 61.9 cm³/mol. The van der Waals surface area contributed by atoms with Crippen LogP contribution in [0.25, 0.3) is 0 Å². The predicted octanol–water partition coefficient (Wildman–Crippen LogP) is -0.293. The van der Waals surface area contributed by atoms with E-state index in [0.717, 1.165) is 0 Å². The molecule has 1 saturated heterocycles. The smallest absolute Gasteiger partial charge is 0.306 e. The number of nitrogens with zero attached hydrogens (tertiary/aromatic N) is 1. The van der Waals surface area contributed by atoms with Crippen molar-refractivity contribution in [3.8, 4) is 0 Å². The number of ether oxygens (including phenoxy) is 1. The lowest BCUT2D eigenvalue weighted by molar-refractivity contribution is -0.145. The fourth-order valence-corrected chi connectivity index (χ4v) is 2.72. The van der Waals surface area contributed by atoms with Gasteiger partial charge in [-0.25, -0.2) is 0 Å². The Kier molecular flexibility index (Phi) is 4.19. The Bertz CT molecular complexity index is 332. The first-order chi connectivity index (χ1) is 8.61. The Hall–Kier alpha value is -1.14. The Morgan fingerprint density at radius 3 is 2.61 bits per heavy atom. The molecule has 0 spiro atoms. The Morgan fingerprint density at radius 1 is 1.28 bits per heavy atom. The molecule has 6 nitrogen and oxygen atoms in total. The number of rotatable bonds is 3. The molecule has 2 N–H and O–H groups in total. The average molecular weight is 257 g/mol. The summed E-state index contributed by atoms with van der Waals surface area (Å²) in [5, 5.41) is 18.0. The van der Waals surface area contributed by atoms with Gasteiger partial charge in [0.15, 0.2) is 0 Å². The van der Waals surface area contributed by atoms with Gasteiger partial charge in [-0.2, -0.15) is 0 Å². The normalized spacial score (nSPS) is 32.5. The zero-order valence-electron chi connectivity index (χ0n) is 10.2. The Balaban J connectivity index is 1.89. The lowest BCUT2D eigenvalue weighted by atomic mass is 10.0. The maximum atomic E-state index is 12.2. The number of carbonyl (C=O) groups excluding carboxylic acids is 1. The summed E-state index contributed by atoms with van der Waals surface area (Å²) in [4.78, 5) is 24.8. The minimum atomic E-state index is -0.805. The van der Waals surface area contributed by atoms with Crippen molar-refractivity contribution in [2.75, 3.05) is 26.3 Å². The fraction of sp³-hybridized carbons (Fsp3) is 0.833. The van der Waals surface area contributed by atoms with Crippen molar-refractivity contribution in [3.05, 3.63) is 0 Å². The Morgan fingerprint density at radius 2 is 2.00 bits per heavy atom. The standard InChI is InChI=1S/C12H19NO5/c14-7-10-6-13(3-4-18-10)11(15)8-1-2-9(5-8)12(16)17/h8-10,14H,1-7H2,(H,16,17)/t8-,9+,10?/m1/s1. The molecule has 1 amide bonds. The van der Waals surface area contributed by atoms with Crippen molar-refractivity contribution in [1.82, 2.24) is 4.90 Å². The van der Waals surface area contributed by atoms with Crippen LogP contribution in [0.3, 0.4) is 0 Å². The molecule has 0 aromatic heterocycles. The van der Waals surface area contributed by atoms with E-state index in [-0.39, 0.29) is 30.5 Å². The number of hydrogen-bond acceptors (Lipinski definition) is 4. The van der Waals surface area contributed by atoms with E-state index >= 15 is 0 Å². The molecular weight excluding hydrogens is 238 g/mol. The van der Waals surface area contributed by atoms with Gasteiger partial charge in [-0.15, -0.1) is 0 Å². The highest BCUT2D eigenvalue weighted by Gasteiger charge is 2.37. The van der Waals surface area contributed by atoms with E-state index < -0.39 is 5.97 Å².